The molecule has 0 aliphatic heterocycles. The van der Waals surface area contributed by atoms with Crippen molar-refractivity contribution < 1.29 is 4.74 Å². The van der Waals surface area contributed by atoms with Gasteiger partial charge in [0, 0.05) is 0 Å². The van der Waals surface area contributed by atoms with Gasteiger partial charge in [0.05, 0.1) is 20.7 Å². The van der Waals surface area contributed by atoms with Crippen LogP contribution in [0.2, 0.25) is 0 Å². The molecule has 2 rings (SSSR count). The third-order valence-corrected chi connectivity index (χ3v) is 5.43. The first kappa shape index (κ1) is 16.0. The number of halogens is 2. The summed E-state index contributed by atoms with van der Waals surface area (Å²) in [6, 6.07) is 10.6. The molecule has 2 nitrogen and oxygen atoms in total. The molecule has 0 fully saturated rings. The molecule has 0 amide bonds. The Labute approximate surface area is 140 Å². The average molecular weight is 419 g/mol. The number of nitrogens with one attached hydrogen (secondary N) is 1. The number of hydrogen-bond acceptors (Lipinski definition) is 3. The molecule has 1 atom stereocenters. The molecule has 108 valence electrons. The lowest BCUT2D eigenvalue weighted by atomic mass is 10.0. The molecule has 0 radical (unpaired) electrons. The highest BCUT2D eigenvalue weighted by Gasteiger charge is 2.18. The lowest BCUT2D eigenvalue weighted by Gasteiger charge is -2.19. The van der Waals surface area contributed by atoms with Crippen LogP contribution in [0.1, 0.15) is 30.5 Å². The van der Waals surface area contributed by atoms with Gasteiger partial charge in [-0.15, -0.1) is 11.3 Å². The van der Waals surface area contributed by atoms with Crippen molar-refractivity contribution in [1.82, 2.24) is 5.32 Å². The van der Waals surface area contributed by atoms with E-state index in [4.69, 9.17) is 4.74 Å². The summed E-state index contributed by atoms with van der Waals surface area (Å²) < 4.78 is 7.52. The van der Waals surface area contributed by atoms with E-state index in [-0.39, 0.29) is 6.04 Å². The first-order chi connectivity index (χ1) is 9.65. The molecule has 20 heavy (non-hydrogen) atoms. The van der Waals surface area contributed by atoms with Crippen molar-refractivity contribution in [3.8, 4) is 5.75 Å². The highest BCUT2D eigenvalue weighted by Crippen LogP contribution is 2.38. The van der Waals surface area contributed by atoms with Crippen LogP contribution in [-0.4, -0.2) is 13.7 Å². The first-order valence-corrected chi connectivity index (χ1v) is 8.88. The van der Waals surface area contributed by atoms with Crippen molar-refractivity contribution in [2.45, 2.75) is 19.4 Å². The zero-order chi connectivity index (χ0) is 14.5. The molecule has 5 heteroatoms. The van der Waals surface area contributed by atoms with E-state index in [2.05, 4.69) is 62.3 Å². The van der Waals surface area contributed by atoms with Crippen LogP contribution in [0, 0.1) is 0 Å². The Morgan fingerprint density at radius 3 is 2.45 bits per heavy atom. The fourth-order valence-electron chi connectivity index (χ4n) is 2.04. The van der Waals surface area contributed by atoms with Crippen LogP contribution in [0.4, 0.5) is 0 Å². The molecule has 1 aromatic heterocycles. The third kappa shape index (κ3) is 3.85. The summed E-state index contributed by atoms with van der Waals surface area (Å²) in [7, 11) is 1.69. The minimum atomic E-state index is 0.192. The zero-order valence-electron chi connectivity index (χ0n) is 11.5. The fraction of sp³-hybridized carbons (Fsp3) is 0.333. The summed E-state index contributed by atoms with van der Waals surface area (Å²) >= 11 is 8.92. The Bertz CT molecular complexity index is 554. The molecule has 1 heterocycles. The second-order valence-electron chi connectivity index (χ2n) is 4.44. The Hall–Kier alpha value is -0.360. The van der Waals surface area contributed by atoms with Crippen LogP contribution < -0.4 is 10.1 Å². The van der Waals surface area contributed by atoms with Crippen LogP contribution >= 0.6 is 43.2 Å². The van der Waals surface area contributed by atoms with Crippen LogP contribution in [0.3, 0.4) is 0 Å². The maximum atomic E-state index is 5.23. The van der Waals surface area contributed by atoms with Gasteiger partial charge in [-0.25, -0.2) is 0 Å². The standard InChI is InChI=1S/C15H17Br2NOS/c1-3-8-18-14(12-9-13(16)20-15(12)17)10-4-6-11(19-2)7-5-10/h4-7,9,14,18H,3,8H2,1-2H3. The van der Waals surface area contributed by atoms with Gasteiger partial charge in [0.15, 0.2) is 0 Å². The van der Waals surface area contributed by atoms with Crippen LogP contribution in [0.15, 0.2) is 37.9 Å². The van der Waals surface area contributed by atoms with Gasteiger partial charge in [-0.05, 0) is 74.2 Å². The minimum absolute atomic E-state index is 0.192. The summed E-state index contributed by atoms with van der Waals surface area (Å²) in [6.45, 7) is 3.16. The SMILES string of the molecule is CCCNC(c1ccc(OC)cc1)c1cc(Br)sc1Br. The molecule has 0 aliphatic rings. The van der Waals surface area contributed by atoms with Crippen LogP contribution in [0.5, 0.6) is 5.75 Å². The van der Waals surface area contributed by atoms with Gasteiger partial charge in [-0.2, -0.15) is 0 Å². The smallest absolute Gasteiger partial charge is 0.118 e. The van der Waals surface area contributed by atoms with Crippen molar-refractivity contribution in [3.05, 3.63) is 49.0 Å². The van der Waals surface area contributed by atoms with E-state index in [0.29, 0.717) is 0 Å². The molecule has 0 saturated heterocycles. The number of ether oxygens (including phenoxy) is 1. The lowest BCUT2D eigenvalue weighted by molar-refractivity contribution is 0.414. The largest absolute Gasteiger partial charge is 0.497 e. The topological polar surface area (TPSA) is 21.3 Å². The number of hydrogen-bond donors (Lipinski definition) is 1. The predicted molar refractivity (Wildman–Crippen MR) is 92.8 cm³/mol. The molecule has 0 bridgehead atoms. The molecule has 2 aromatic rings. The van der Waals surface area contributed by atoms with Gasteiger partial charge in [0.2, 0.25) is 0 Å². The average Bonchev–Trinajstić information content (AvgIpc) is 2.79. The number of benzene rings is 1. The third-order valence-electron chi connectivity index (χ3n) is 3.04. The van der Waals surface area contributed by atoms with Crippen molar-refractivity contribution in [2.75, 3.05) is 13.7 Å². The monoisotopic (exact) mass is 417 g/mol. The number of methoxy groups -OCH3 is 1. The van der Waals surface area contributed by atoms with E-state index in [1.165, 1.54) is 11.1 Å². The molecule has 0 aliphatic carbocycles. The summed E-state index contributed by atoms with van der Waals surface area (Å²) in [5.41, 5.74) is 2.51. The molecule has 1 unspecified atom stereocenters. The highest BCUT2D eigenvalue weighted by atomic mass is 79.9. The molecular formula is C15H17Br2NOS. The number of rotatable bonds is 6. The molecular weight excluding hydrogens is 402 g/mol. The van der Waals surface area contributed by atoms with E-state index in [9.17, 15) is 0 Å². The normalized spacial score (nSPS) is 12.4. The summed E-state index contributed by atoms with van der Waals surface area (Å²) in [5.74, 6) is 0.883. The molecule has 0 spiro atoms. The predicted octanol–water partition coefficient (Wildman–Crippen LogP) is 5.37. The van der Waals surface area contributed by atoms with E-state index in [1.54, 1.807) is 18.4 Å². The Morgan fingerprint density at radius 1 is 1.25 bits per heavy atom. The van der Waals surface area contributed by atoms with E-state index < -0.39 is 0 Å². The Morgan fingerprint density at radius 2 is 1.95 bits per heavy atom. The van der Waals surface area contributed by atoms with E-state index in [1.807, 2.05) is 12.1 Å². The van der Waals surface area contributed by atoms with Crippen molar-refractivity contribution in [2.24, 2.45) is 0 Å². The Balaban J connectivity index is 2.33. The highest BCUT2D eigenvalue weighted by molar-refractivity contribution is 9.12. The van der Waals surface area contributed by atoms with Gasteiger partial charge in [-0.3, -0.25) is 0 Å². The van der Waals surface area contributed by atoms with Crippen LogP contribution in [-0.2, 0) is 0 Å². The summed E-state index contributed by atoms with van der Waals surface area (Å²) in [6.07, 6.45) is 1.11. The minimum Gasteiger partial charge on any atom is -0.497 e. The molecule has 0 saturated carbocycles. The lowest BCUT2D eigenvalue weighted by Crippen LogP contribution is -2.23. The quantitative estimate of drug-likeness (QED) is 0.680. The maximum absolute atomic E-state index is 5.23. The van der Waals surface area contributed by atoms with Gasteiger partial charge in [0.1, 0.15) is 5.75 Å². The van der Waals surface area contributed by atoms with Crippen molar-refractivity contribution in [3.63, 3.8) is 0 Å². The van der Waals surface area contributed by atoms with Gasteiger partial charge in [-0.1, -0.05) is 19.1 Å². The second-order valence-corrected chi connectivity index (χ2v) is 8.19. The maximum Gasteiger partial charge on any atom is 0.118 e. The molecule has 1 aromatic carbocycles. The van der Waals surface area contributed by atoms with Gasteiger partial charge >= 0.3 is 0 Å². The second kappa shape index (κ2) is 7.59. The van der Waals surface area contributed by atoms with Crippen LogP contribution in [0.25, 0.3) is 0 Å². The fourth-order valence-corrected chi connectivity index (χ4v) is 4.94. The van der Waals surface area contributed by atoms with Gasteiger partial charge < -0.3 is 10.1 Å². The summed E-state index contributed by atoms with van der Waals surface area (Å²) in [5, 5.41) is 3.61. The summed E-state index contributed by atoms with van der Waals surface area (Å²) in [4.78, 5) is 0. The van der Waals surface area contributed by atoms with Crippen molar-refractivity contribution in [1.29, 1.82) is 0 Å². The molecule has 1 N–H and O–H groups in total. The van der Waals surface area contributed by atoms with E-state index in [0.717, 1.165) is 26.3 Å². The Kier molecular flexibility index (Phi) is 6.08. The van der Waals surface area contributed by atoms with E-state index >= 15 is 0 Å². The zero-order valence-corrected chi connectivity index (χ0v) is 15.4. The number of thiophene rings is 1. The van der Waals surface area contributed by atoms with Gasteiger partial charge in [0.25, 0.3) is 0 Å². The van der Waals surface area contributed by atoms with Crippen molar-refractivity contribution >= 4 is 43.2 Å². The first-order valence-electron chi connectivity index (χ1n) is 6.47.